The lowest BCUT2D eigenvalue weighted by Gasteiger charge is -2.26. The van der Waals surface area contributed by atoms with E-state index in [-0.39, 0.29) is 24.3 Å². The fraction of sp³-hybridized carbons (Fsp3) is 0.391. The minimum atomic E-state index is -0.461. The molecular weight excluding hydrogens is 336 g/mol. The van der Waals surface area contributed by atoms with Gasteiger partial charge in [-0.1, -0.05) is 81.4 Å². The number of nitrogens with one attached hydrogen (secondary N) is 2. The molecule has 0 unspecified atom stereocenters. The number of amides is 2. The molecule has 0 radical (unpaired) electrons. The van der Waals surface area contributed by atoms with Crippen LogP contribution >= 0.6 is 0 Å². The van der Waals surface area contributed by atoms with Crippen LogP contribution in [0.4, 0.5) is 0 Å². The van der Waals surface area contributed by atoms with E-state index < -0.39 is 5.41 Å². The Morgan fingerprint density at radius 3 is 2.15 bits per heavy atom. The summed E-state index contributed by atoms with van der Waals surface area (Å²) in [6.07, 6.45) is 1.76. The van der Waals surface area contributed by atoms with Gasteiger partial charge in [-0.15, -0.1) is 0 Å². The van der Waals surface area contributed by atoms with E-state index in [1.165, 1.54) is 5.56 Å². The number of carbonyl (C=O) groups excluding carboxylic acids is 2. The number of rotatable bonds is 9. The number of hydrogen-bond donors (Lipinski definition) is 2. The third-order valence-corrected chi connectivity index (χ3v) is 4.97. The van der Waals surface area contributed by atoms with Gasteiger partial charge in [-0.25, -0.2) is 0 Å². The highest BCUT2D eigenvalue weighted by Gasteiger charge is 2.28. The van der Waals surface area contributed by atoms with Crippen LogP contribution in [-0.4, -0.2) is 18.4 Å². The molecule has 2 aromatic carbocycles. The molecule has 4 nitrogen and oxygen atoms in total. The normalized spacial score (nSPS) is 12.3. The van der Waals surface area contributed by atoms with Gasteiger partial charge in [0.15, 0.2) is 0 Å². The molecule has 0 aliphatic rings. The van der Waals surface area contributed by atoms with Gasteiger partial charge in [-0.2, -0.15) is 0 Å². The summed E-state index contributed by atoms with van der Waals surface area (Å²) in [5.74, 6) is -0.0923. The summed E-state index contributed by atoms with van der Waals surface area (Å²) in [5.41, 5.74) is 1.67. The molecule has 0 aliphatic carbocycles. The Labute approximate surface area is 162 Å². The first-order valence-electron chi connectivity index (χ1n) is 9.59. The zero-order chi connectivity index (χ0) is 19.7. The lowest BCUT2D eigenvalue weighted by Crippen LogP contribution is -2.40. The fourth-order valence-electron chi connectivity index (χ4n) is 2.70. The maximum Gasteiger partial charge on any atom is 0.226 e. The molecular formula is C23H30N2O2. The van der Waals surface area contributed by atoms with Crippen LogP contribution < -0.4 is 10.6 Å². The minimum Gasteiger partial charge on any atom is -0.356 e. The maximum absolute atomic E-state index is 12.6. The monoisotopic (exact) mass is 366 g/mol. The first-order valence-corrected chi connectivity index (χ1v) is 9.59. The third-order valence-electron chi connectivity index (χ3n) is 4.97. The third kappa shape index (κ3) is 6.55. The van der Waals surface area contributed by atoms with Crippen molar-refractivity contribution in [2.24, 2.45) is 5.41 Å². The molecule has 0 bridgehead atoms. The van der Waals surface area contributed by atoms with Crippen molar-refractivity contribution in [1.29, 1.82) is 0 Å². The molecule has 0 aromatic heterocycles. The summed E-state index contributed by atoms with van der Waals surface area (Å²) in [5, 5.41) is 6.03. The topological polar surface area (TPSA) is 58.2 Å². The van der Waals surface area contributed by atoms with Crippen molar-refractivity contribution in [3.8, 4) is 0 Å². The zero-order valence-electron chi connectivity index (χ0n) is 16.5. The van der Waals surface area contributed by atoms with Gasteiger partial charge in [-0.05, 0) is 24.0 Å². The molecule has 2 N–H and O–H groups in total. The van der Waals surface area contributed by atoms with Crippen LogP contribution in [0.25, 0.3) is 0 Å². The largest absolute Gasteiger partial charge is 0.356 e. The van der Waals surface area contributed by atoms with Crippen LogP contribution in [0.5, 0.6) is 0 Å². The average Bonchev–Trinajstić information content (AvgIpc) is 2.69. The summed E-state index contributed by atoms with van der Waals surface area (Å²) >= 11 is 0. The smallest absolute Gasteiger partial charge is 0.226 e. The standard InChI is InChI=1S/C23H30N2O2/c1-4-23(2,3)22(27)25-20(19-13-9-6-10-14-19)17-21(26)24-16-15-18-11-7-5-8-12-18/h5-14,20H,4,15-17H2,1-3H3,(H,24,26)(H,25,27)/t20-/m0/s1. The van der Waals surface area contributed by atoms with E-state index in [4.69, 9.17) is 0 Å². The van der Waals surface area contributed by atoms with Gasteiger partial charge < -0.3 is 10.6 Å². The number of hydrogen-bond acceptors (Lipinski definition) is 2. The molecule has 144 valence electrons. The fourth-order valence-corrected chi connectivity index (χ4v) is 2.70. The Morgan fingerprint density at radius 2 is 1.56 bits per heavy atom. The Hall–Kier alpha value is -2.62. The van der Waals surface area contributed by atoms with E-state index in [0.717, 1.165) is 18.4 Å². The van der Waals surface area contributed by atoms with E-state index in [1.54, 1.807) is 0 Å². The summed E-state index contributed by atoms with van der Waals surface area (Å²) < 4.78 is 0. The van der Waals surface area contributed by atoms with Crippen LogP contribution in [0.3, 0.4) is 0 Å². The first-order chi connectivity index (χ1) is 12.9. The summed E-state index contributed by atoms with van der Waals surface area (Å²) in [6, 6.07) is 19.4. The highest BCUT2D eigenvalue weighted by molar-refractivity contribution is 5.83. The van der Waals surface area contributed by atoms with Crippen LogP contribution in [0.2, 0.25) is 0 Å². The van der Waals surface area contributed by atoms with Crippen LogP contribution in [0.15, 0.2) is 60.7 Å². The molecule has 0 fully saturated rings. The molecule has 0 saturated heterocycles. The average molecular weight is 367 g/mol. The van der Waals surface area contributed by atoms with E-state index in [0.29, 0.717) is 6.54 Å². The quantitative estimate of drug-likeness (QED) is 0.704. The molecule has 0 heterocycles. The van der Waals surface area contributed by atoms with E-state index in [2.05, 4.69) is 10.6 Å². The molecule has 2 rings (SSSR count). The second-order valence-corrected chi connectivity index (χ2v) is 7.46. The van der Waals surface area contributed by atoms with E-state index in [9.17, 15) is 9.59 Å². The van der Waals surface area contributed by atoms with Crippen molar-refractivity contribution in [2.75, 3.05) is 6.54 Å². The van der Waals surface area contributed by atoms with Crippen molar-refractivity contribution in [3.05, 3.63) is 71.8 Å². The van der Waals surface area contributed by atoms with Crippen molar-refractivity contribution < 1.29 is 9.59 Å². The van der Waals surface area contributed by atoms with E-state index in [1.807, 2.05) is 81.4 Å². The maximum atomic E-state index is 12.6. The van der Waals surface area contributed by atoms with Crippen LogP contribution in [0.1, 0.15) is 50.8 Å². The van der Waals surface area contributed by atoms with Gasteiger partial charge in [0.25, 0.3) is 0 Å². The SMILES string of the molecule is CCC(C)(C)C(=O)N[C@@H](CC(=O)NCCc1ccccc1)c1ccccc1. The Morgan fingerprint density at radius 1 is 0.963 bits per heavy atom. The van der Waals surface area contributed by atoms with Gasteiger partial charge >= 0.3 is 0 Å². The molecule has 2 aromatic rings. The lowest BCUT2D eigenvalue weighted by atomic mass is 9.88. The molecule has 0 spiro atoms. The second-order valence-electron chi connectivity index (χ2n) is 7.46. The van der Waals surface area contributed by atoms with Gasteiger partial charge in [0, 0.05) is 12.0 Å². The van der Waals surface area contributed by atoms with Crippen LogP contribution in [-0.2, 0) is 16.0 Å². The van der Waals surface area contributed by atoms with Crippen molar-refractivity contribution >= 4 is 11.8 Å². The molecule has 27 heavy (non-hydrogen) atoms. The summed E-state index contributed by atoms with van der Waals surface area (Å²) in [6.45, 7) is 6.42. The van der Waals surface area contributed by atoms with Crippen molar-refractivity contribution in [3.63, 3.8) is 0 Å². The van der Waals surface area contributed by atoms with Crippen molar-refractivity contribution in [2.45, 2.75) is 46.1 Å². The highest BCUT2D eigenvalue weighted by Crippen LogP contribution is 2.23. The Kier molecular flexibility index (Phi) is 7.59. The predicted molar refractivity (Wildman–Crippen MR) is 109 cm³/mol. The minimum absolute atomic E-state index is 0.0315. The summed E-state index contributed by atoms with van der Waals surface area (Å²) in [7, 11) is 0. The molecule has 1 atom stereocenters. The lowest BCUT2D eigenvalue weighted by molar-refractivity contribution is -0.130. The van der Waals surface area contributed by atoms with Gasteiger partial charge in [-0.3, -0.25) is 9.59 Å². The predicted octanol–water partition coefficient (Wildman–Crippen LogP) is 4.03. The van der Waals surface area contributed by atoms with Gasteiger partial charge in [0.2, 0.25) is 11.8 Å². The molecule has 2 amide bonds. The van der Waals surface area contributed by atoms with Crippen LogP contribution in [0, 0.1) is 5.41 Å². The Bertz CT molecular complexity index is 727. The van der Waals surface area contributed by atoms with Gasteiger partial charge in [0.05, 0.1) is 12.5 Å². The zero-order valence-corrected chi connectivity index (χ0v) is 16.5. The Balaban J connectivity index is 1.97. The molecule has 0 saturated carbocycles. The van der Waals surface area contributed by atoms with E-state index >= 15 is 0 Å². The second kappa shape index (κ2) is 9.91. The van der Waals surface area contributed by atoms with Gasteiger partial charge in [0.1, 0.15) is 0 Å². The first kappa shape index (κ1) is 20.7. The molecule has 0 aliphatic heterocycles. The number of carbonyl (C=O) groups is 2. The summed E-state index contributed by atoms with van der Waals surface area (Å²) in [4.78, 5) is 25.1. The molecule has 4 heteroatoms. The highest BCUT2D eigenvalue weighted by atomic mass is 16.2. The number of benzene rings is 2. The van der Waals surface area contributed by atoms with Crippen molar-refractivity contribution in [1.82, 2.24) is 10.6 Å².